The van der Waals surface area contributed by atoms with Gasteiger partial charge in [-0.3, -0.25) is 9.97 Å². The molecule has 0 aliphatic carbocycles. The predicted octanol–water partition coefficient (Wildman–Crippen LogP) is 3.30. The van der Waals surface area contributed by atoms with Crippen LogP contribution in [-0.2, 0) is 0 Å². The average molecular weight is 264 g/mol. The maximum absolute atomic E-state index is 11.3. The highest BCUT2D eigenvalue weighted by molar-refractivity contribution is 5.97. The van der Waals surface area contributed by atoms with Crippen LogP contribution in [0, 0.1) is 6.92 Å². The third kappa shape index (κ3) is 2.12. The third-order valence-corrected chi connectivity index (χ3v) is 3.19. The molecule has 3 rings (SSSR count). The largest absolute Gasteiger partial charge is 0.478 e. The molecule has 1 N–H and O–H groups in total. The molecule has 2 heterocycles. The number of aromatic carboxylic acids is 1. The molecule has 0 saturated heterocycles. The SMILES string of the molecule is Cc1ccc2cc(-c3cnccc3C(=O)O)ccc2n1. The van der Waals surface area contributed by atoms with E-state index in [1.165, 1.54) is 12.3 Å². The van der Waals surface area contributed by atoms with E-state index in [1.807, 2.05) is 37.3 Å². The average Bonchev–Trinajstić information content (AvgIpc) is 2.46. The summed E-state index contributed by atoms with van der Waals surface area (Å²) in [4.78, 5) is 19.7. The van der Waals surface area contributed by atoms with Crippen molar-refractivity contribution in [1.82, 2.24) is 9.97 Å². The van der Waals surface area contributed by atoms with E-state index in [2.05, 4.69) is 9.97 Å². The van der Waals surface area contributed by atoms with E-state index in [4.69, 9.17) is 0 Å². The van der Waals surface area contributed by atoms with Gasteiger partial charge in [0.15, 0.2) is 0 Å². The van der Waals surface area contributed by atoms with Gasteiger partial charge in [0, 0.05) is 29.0 Å². The summed E-state index contributed by atoms with van der Waals surface area (Å²) < 4.78 is 0. The number of rotatable bonds is 2. The fourth-order valence-corrected chi connectivity index (χ4v) is 2.21. The molecule has 0 aliphatic rings. The first-order valence-corrected chi connectivity index (χ1v) is 6.20. The number of nitrogens with zero attached hydrogens (tertiary/aromatic N) is 2. The molecule has 0 radical (unpaired) electrons. The van der Waals surface area contributed by atoms with Crippen molar-refractivity contribution in [1.29, 1.82) is 0 Å². The molecule has 4 nitrogen and oxygen atoms in total. The zero-order valence-corrected chi connectivity index (χ0v) is 10.9. The summed E-state index contributed by atoms with van der Waals surface area (Å²) in [5.74, 6) is -0.954. The Morgan fingerprint density at radius 2 is 2.00 bits per heavy atom. The molecule has 0 atom stereocenters. The lowest BCUT2D eigenvalue weighted by atomic mass is 10.0. The lowest BCUT2D eigenvalue weighted by Gasteiger charge is -2.07. The normalized spacial score (nSPS) is 10.7. The summed E-state index contributed by atoms with van der Waals surface area (Å²) in [5.41, 5.74) is 3.54. The first kappa shape index (κ1) is 12.3. The molecule has 0 spiro atoms. The Morgan fingerprint density at radius 3 is 2.80 bits per heavy atom. The first-order chi connectivity index (χ1) is 9.65. The van der Waals surface area contributed by atoms with E-state index in [9.17, 15) is 9.90 Å². The van der Waals surface area contributed by atoms with Crippen LogP contribution >= 0.6 is 0 Å². The van der Waals surface area contributed by atoms with E-state index >= 15 is 0 Å². The molecule has 98 valence electrons. The van der Waals surface area contributed by atoms with Crippen molar-refractivity contribution < 1.29 is 9.90 Å². The molecule has 0 bridgehead atoms. The van der Waals surface area contributed by atoms with Crippen LogP contribution in [0.25, 0.3) is 22.0 Å². The van der Waals surface area contributed by atoms with Gasteiger partial charge >= 0.3 is 5.97 Å². The summed E-state index contributed by atoms with van der Waals surface area (Å²) in [6, 6.07) is 11.1. The minimum Gasteiger partial charge on any atom is -0.478 e. The lowest BCUT2D eigenvalue weighted by Crippen LogP contribution is -1.99. The second-order valence-electron chi connectivity index (χ2n) is 4.59. The molecule has 20 heavy (non-hydrogen) atoms. The minimum atomic E-state index is -0.954. The topological polar surface area (TPSA) is 63.1 Å². The molecule has 0 saturated carbocycles. The van der Waals surface area contributed by atoms with E-state index < -0.39 is 5.97 Å². The molecule has 3 aromatic rings. The standard InChI is InChI=1S/C16H12N2O2/c1-10-2-3-12-8-11(4-5-15(12)18-10)14-9-17-7-6-13(14)16(19)20/h2-9H,1H3,(H,19,20). The predicted molar refractivity (Wildman–Crippen MR) is 76.7 cm³/mol. The fraction of sp³-hybridized carbons (Fsp3) is 0.0625. The quantitative estimate of drug-likeness (QED) is 0.771. The van der Waals surface area contributed by atoms with Crippen molar-refractivity contribution in [2.24, 2.45) is 0 Å². The van der Waals surface area contributed by atoms with Gasteiger partial charge in [0.05, 0.1) is 11.1 Å². The molecule has 4 heteroatoms. The zero-order chi connectivity index (χ0) is 14.1. The van der Waals surface area contributed by atoms with Crippen LogP contribution in [0.3, 0.4) is 0 Å². The summed E-state index contributed by atoms with van der Waals surface area (Å²) in [6.45, 7) is 1.94. The van der Waals surface area contributed by atoms with Gasteiger partial charge < -0.3 is 5.11 Å². The number of benzene rings is 1. The molecule has 0 unspecified atom stereocenters. The van der Waals surface area contributed by atoms with E-state index in [0.29, 0.717) is 5.56 Å². The van der Waals surface area contributed by atoms with Gasteiger partial charge in [-0.25, -0.2) is 4.79 Å². The highest BCUT2D eigenvalue weighted by atomic mass is 16.4. The number of carboxylic acids is 1. The Labute approximate surface area is 115 Å². The van der Waals surface area contributed by atoms with E-state index in [-0.39, 0.29) is 5.56 Å². The van der Waals surface area contributed by atoms with Crippen molar-refractivity contribution in [2.45, 2.75) is 6.92 Å². The molecule has 1 aromatic carbocycles. The third-order valence-electron chi connectivity index (χ3n) is 3.19. The van der Waals surface area contributed by atoms with Crippen LogP contribution in [0.2, 0.25) is 0 Å². The van der Waals surface area contributed by atoms with Gasteiger partial charge in [0.25, 0.3) is 0 Å². The molecular weight excluding hydrogens is 252 g/mol. The van der Waals surface area contributed by atoms with Crippen LogP contribution in [0.5, 0.6) is 0 Å². The molecule has 0 amide bonds. The van der Waals surface area contributed by atoms with E-state index in [1.54, 1.807) is 6.20 Å². The lowest BCUT2D eigenvalue weighted by molar-refractivity contribution is 0.0697. The Hall–Kier alpha value is -2.75. The van der Waals surface area contributed by atoms with Gasteiger partial charge in [-0.1, -0.05) is 12.1 Å². The Balaban J connectivity index is 2.20. The Bertz CT molecular complexity index is 812. The molecular formula is C16H12N2O2. The maximum atomic E-state index is 11.3. The second-order valence-corrected chi connectivity index (χ2v) is 4.59. The molecule has 2 aromatic heterocycles. The summed E-state index contributed by atoms with van der Waals surface area (Å²) in [7, 11) is 0. The van der Waals surface area contributed by atoms with E-state index in [0.717, 1.165) is 22.2 Å². The summed E-state index contributed by atoms with van der Waals surface area (Å²) in [6.07, 6.45) is 3.06. The van der Waals surface area contributed by atoms with Crippen LogP contribution < -0.4 is 0 Å². The van der Waals surface area contributed by atoms with Crippen molar-refractivity contribution >= 4 is 16.9 Å². The number of hydrogen-bond donors (Lipinski definition) is 1. The number of aromatic nitrogens is 2. The van der Waals surface area contributed by atoms with Gasteiger partial charge in [-0.05, 0) is 36.8 Å². The number of hydrogen-bond acceptors (Lipinski definition) is 3. The van der Waals surface area contributed by atoms with Crippen molar-refractivity contribution in [2.75, 3.05) is 0 Å². The van der Waals surface area contributed by atoms with Gasteiger partial charge in [0.2, 0.25) is 0 Å². The minimum absolute atomic E-state index is 0.249. The fourth-order valence-electron chi connectivity index (χ4n) is 2.21. The van der Waals surface area contributed by atoms with Crippen LogP contribution in [0.4, 0.5) is 0 Å². The summed E-state index contributed by atoms with van der Waals surface area (Å²) >= 11 is 0. The van der Waals surface area contributed by atoms with Crippen molar-refractivity contribution in [3.63, 3.8) is 0 Å². The van der Waals surface area contributed by atoms with Crippen LogP contribution in [0.15, 0.2) is 48.8 Å². The Kier molecular flexibility index (Phi) is 2.91. The molecule has 0 aliphatic heterocycles. The smallest absolute Gasteiger partial charge is 0.336 e. The van der Waals surface area contributed by atoms with Gasteiger partial charge in [-0.15, -0.1) is 0 Å². The van der Waals surface area contributed by atoms with Crippen molar-refractivity contribution in [3.8, 4) is 11.1 Å². The number of fused-ring (bicyclic) bond motifs is 1. The maximum Gasteiger partial charge on any atom is 0.336 e. The number of carboxylic acid groups (broad SMARTS) is 1. The monoisotopic (exact) mass is 264 g/mol. The van der Waals surface area contributed by atoms with Crippen molar-refractivity contribution in [3.05, 3.63) is 60.0 Å². The molecule has 0 fully saturated rings. The zero-order valence-electron chi connectivity index (χ0n) is 10.9. The summed E-state index contributed by atoms with van der Waals surface area (Å²) in [5, 5.41) is 10.2. The van der Waals surface area contributed by atoms with Crippen LogP contribution in [0.1, 0.15) is 16.1 Å². The Morgan fingerprint density at radius 1 is 1.15 bits per heavy atom. The number of aryl methyl sites for hydroxylation is 1. The first-order valence-electron chi connectivity index (χ1n) is 6.20. The van der Waals surface area contributed by atoms with Gasteiger partial charge in [0.1, 0.15) is 0 Å². The van der Waals surface area contributed by atoms with Crippen LogP contribution in [-0.4, -0.2) is 21.0 Å². The highest BCUT2D eigenvalue weighted by Crippen LogP contribution is 2.26. The number of pyridine rings is 2. The number of carbonyl (C=O) groups is 1. The highest BCUT2D eigenvalue weighted by Gasteiger charge is 2.11. The second kappa shape index (κ2) is 4.74. The van der Waals surface area contributed by atoms with Gasteiger partial charge in [-0.2, -0.15) is 0 Å².